The molecule has 2 amide bonds. The number of nitrogens with one attached hydrogen (secondary N) is 1. The normalized spacial score (nSPS) is 13.6. The summed E-state index contributed by atoms with van der Waals surface area (Å²) in [4.78, 5) is 27.1. The number of hydrogen-bond acceptors (Lipinski definition) is 8. The van der Waals surface area contributed by atoms with Crippen LogP contribution in [0.2, 0.25) is 0 Å². The molecule has 11 nitrogen and oxygen atoms in total. The zero-order valence-corrected chi connectivity index (χ0v) is 21.6. The van der Waals surface area contributed by atoms with Gasteiger partial charge in [-0.2, -0.15) is 0 Å². The number of morpholine rings is 1. The van der Waals surface area contributed by atoms with Crippen LogP contribution in [0, 0.1) is 0 Å². The number of rotatable bonds is 10. The Morgan fingerprint density at radius 3 is 2.17 bits per heavy atom. The average Bonchev–Trinajstić information content (AvgIpc) is 2.89. The number of nitrogens with zero attached hydrogens (tertiary/aromatic N) is 2. The summed E-state index contributed by atoms with van der Waals surface area (Å²) < 4.78 is 47.2. The molecule has 2 aromatic carbocycles. The number of amides is 2. The maximum Gasteiger partial charge on any atom is 0.254 e. The van der Waals surface area contributed by atoms with Crippen molar-refractivity contribution in [1.82, 2.24) is 10.2 Å². The molecule has 1 N–H and O–H groups in total. The van der Waals surface area contributed by atoms with E-state index in [0.717, 1.165) is 10.6 Å². The number of methoxy groups -OCH3 is 3. The zero-order chi connectivity index (χ0) is 26.3. The standard InChI is InChI=1S/C24H31N3O8S/c1-32-20-10-7-18(22(33-2)23(20)34-3)15-25-21(28)16-27(36(4,30)31)19-8-5-17(6-9-19)24(29)26-11-13-35-14-12-26/h5-10H,11-16H2,1-4H3,(H,25,28). The fourth-order valence-corrected chi connectivity index (χ4v) is 4.66. The summed E-state index contributed by atoms with van der Waals surface area (Å²) >= 11 is 0. The summed E-state index contributed by atoms with van der Waals surface area (Å²) in [6.45, 7) is 1.60. The maximum absolute atomic E-state index is 12.7. The molecule has 0 atom stereocenters. The lowest BCUT2D eigenvalue weighted by Gasteiger charge is -2.27. The van der Waals surface area contributed by atoms with Gasteiger partial charge in [-0.25, -0.2) is 8.42 Å². The van der Waals surface area contributed by atoms with Crippen LogP contribution in [0.5, 0.6) is 17.2 Å². The molecule has 2 aromatic rings. The van der Waals surface area contributed by atoms with Crippen molar-refractivity contribution in [1.29, 1.82) is 0 Å². The van der Waals surface area contributed by atoms with E-state index >= 15 is 0 Å². The minimum atomic E-state index is -3.78. The summed E-state index contributed by atoms with van der Waals surface area (Å²) in [5, 5.41) is 2.71. The van der Waals surface area contributed by atoms with E-state index in [1.54, 1.807) is 29.2 Å². The maximum atomic E-state index is 12.7. The highest BCUT2D eigenvalue weighted by Crippen LogP contribution is 2.39. The first-order valence-electron chi connectivity index (χ1n) is 11.2. The Hall–Kier alpha value is -3.51. The van der Waals surface area contributed by atoms with Crippen LogP contribution in [0.4, 0.5) is 5.69 Å². The van der Waals surface area contributed by atoms with Crippen LogP contribution < -0.4 is 23.8 Å². The van der Waals surface area contributed by atoms with E-state index in [1.807, 2.05) is 0 Å². The largest absolute Gasteiger partial charge is 0.493 e. The number of benzene rings is 2. The highest BCUT2D eigenvalue weighted by molar-refractivity contribution is 7.92. The molecular weight excluding hydrogens is 490 g/mol. The van der Waals surface area contributed by atoms with E-state index in [0.29, 0.717) is 54.7 Å². The molecule has 0 radical (unpaired) electrons. The van der Waals surface area contributed by atoms with Gasteiger partial charge in [-0.1, -0.05) is 0 Å². The summed E-state index contributed by atoms with van der Waals surface area (Å²) in [5.74, 6) is 0.584. The van der Waals surface area contributed by atoms with Crippen LogP contribution in [0.1, 0.15) is 15.9 Å². The lowest BCUT2D eigenvalue weighted by atomic mass is 10.1. The van der Waals surface area contributed by atoms with Crippen LogP contribution >= 0.6 is 0 Å². The molecule has 1 aliphatic rings. The second-order valence-corrected chi connectivity index (χ2v) is 9.90. The van der Waals surface area contributed by atoms with E-state index < -0.39 is 22.5 Å². The molecule has 1 saturated heterocycles. The highest BCUT2D eigenvalue weighted by Gasteiger charge is 2.23. The number of hydrogen-bond donors (Lipinski definition) is 1. The smallest absolute Gasteiger partial charge is 0.254 e. The van der Waals surface area contributed by atoms with Crippen molar-refractivity contribution in [3.8, 4) is 17.2 Å². The van der Waals surface area contributed by atoms with Crippen molar-refractivity contribution in [3.05, 3.63) is 47.5 Å². The molecule has 1 heterocycles. The third-order valence-corrected chi connectivity index (χ3v) is 6.79. The quantitative estimate of drug-likeness (QED) is 0.496. The van der Waals surface area contributed by atoms with Crippen LogP contribution in [-0.2, 0) is 26.1 Å². The zero-order valence-electron chi connectivity index (χ0n) is 20.8. The van der Waals surface area contributed by atoms with Gasteiger partial charge in [-0.05, 0) is 36.4 Å². The minimum absolute atomic E-state index is 0.0763. The fourth-order valence-electron chi connectivity index (χ4n) is 3.80. The molecule has 0 aromatic heterocycles. The first kappa shape index (κ1) is 27.1. The summed E-state index contributed by atoms with van der Waals surface area (Å²) in [5.41, 5.74) is 1.33. The molecule has 0 saturated carbocycles. The summed E-state index contributed by atoms with van der Waals surface area (Å²) in [7, 11) is 0.673. The van der Waals surface area contributed by atoms with Crippen molar-refractivity contribution in [2.24, 2.45) is 0 Å². The fraction of sp³-hybridized carbons (Fsp3) is 0.417. The van der Waals surface area contributed by atoms with Crippen LogP contribution in [-0.4, -0.2) is 85.6 Å². The molecule has 0 spiro atoms. The van der Waals surface area contributed by atoms with Gasteiger partial charge < -0.3 is 29.2 Å². The number of anilines is 1. The average molecular weight is 522 g/mol. The lowest BCUT2D eigenvalue weighted by molar-refractivity contribution is -0.119. The molecule has 12 heteroatoms. The Kier molecular flexibility index (Phi) is 8.99. The van der Waals surface area contributed by atoms with Crippen molar-refractivity contribution in [3.63, 3.8) is 0 Å². The van der Waals surface area contributed by atoms with Gasteiger partial charge in [0.25, 0.3) is 5.91 Å². The van der Waals surface area contributed by atoms with Gasteiger partial charge in [0.2, 0.25) is 21.7 Å². The Bertz CT molecular complexity index is 1180. The number of ether oxygens (including phenoxy) is 4. The van der Waals surface area contributed by atoms with Gasteiger partial charge in [0.1, 0.15) is 6.54 Å². The van der Waals surface area contributed by atoms with Crippen molar-refractivity contribution >= 4 is 27.5 Å². The van der Waals surface area contributed by atoms with Crippen molar-refractivity contribution in [2.45, 2.75) is 6.54 Å². The van der Waals surface area contributed by atoms with Gasteiger partial charge in [0, 0.05) is 30.8 Å². The molecule has 0 unspecified atom stereocenters. The Morgan fingerprint density at radius 2 is 1.61 bits per heavy atom. The Morgan fingerprint density at radius 1 is 0.972 bits per heavy atom. The molecule has 36 heavy (non-hydrogen) atoms. The van der Waals surface area contributed by atoms with Gasteiger partial charge in [0.15, 0.2) is 11.5 Å². The molecule has 3 rings (SSSR count). The summed E-state index contributed by atoms with van der Waals surface area (Å²) in [6, 6.07) is 9.54. The van der Waals surface area contributed by atoms with Gasteiger partial charge in [-0.3, -0.25) is 13.9 Å². The SMILES string of the molecule is COc1ccc(CNC(=O)CN(c2ccc(C(=O)N3CCOCC3)cc2)S(C)(=O)=O)c(OC)c1OC. The van der Waals surface area contributed by atoms with Crippen molar-refractivity contribution in [2.75, 3.05) is 64.7 Å². The van der Waals surface area contributed by atoms with Gasteiger partial charge in [-0.15, -0.1) is 0 Å². The van der Waals surface area contributed by atoms with E-state index in [4.69, 9.17) is 18.9 Å². The van der Waals surface area contributed by atoms with Crippen LogP contribution in [0.25, 0.3) is 0 Å². The second-order valence-electron chi connectivity index (χ2n) is 7.99. The van der Waals surface area contributed by atoms with E-state index in [2.05, 4.69) is 5.32 Å². The number of carbonyl (C=O) groups excluding carboxylic acids is 2. The number of sulfonamides is 1. The van der Waals surface area contributed by atoms with Crippen LogP contribution in [0.3, 0.4) is 0 Å². The first-order chi connectivity index (χ1) is 17.2. The third-order valence-electron chi connectivity index (χ3n) is 5.65. The number of carbonyl (C=O) groups is 2. The Labute approximate surface area is 210 Å². The lowest BCUT2D eigenvalue weighted by Crippen LogP contribution is -2.41. The molecular formula is C24H31N3O8S. The monoisotopic (exact) mass is 521 g/mol. The third kappa shape index (κ3) is 6.38. The first-order valence-corrected chi connectivity index (χ1v) is 13.0. The molecule has 1 aliphatic heterocycles. The van der Waals surface area contributed by atoms with Crippen molar-refractivity contribution < 1.29 is 37.0 Å². The Balaban J connectivity index is 1.71. The topological polar surface area (TPSA) is 124 Å². The molecule has 196 valence electrons. The van der Waals surface area contributed by atoms with E-state index in [9.17, 15) is 18.0 Å². The molecule has 0 aliphatic carbocycles. The van der Waals surface area contributed by atoms with Crippen LogP contribution in [0.15, 0.2) is 36.4 Å². The predicted molar refractivity (Wildman–Crippen MR) is 133 cm³/mol. The molecule has 1 fully saturated rings. The van der Waals surface area contributed by atoms with E-state index in [1.165, 1.54) is 33.5 Å². The van der Waals surface area contributed by atoms with Gasteiger partial charge in [0.05, 0.1) is 46.5 Å². The second kappa shape index (κ2) is 12.0. The van der Waals surface area contributed by atoms with E-state index in [-0.39, 0.29) is 18.1 Å². The minimum Gasteiger partial charge on any atom is -0.493 e. The predicted octanol–water partition coefficient (Wildman–Crippen LogP) is 1.27. The molecule has 0 bridgehead atoms. The summed E-state index contributed by atoms with van der Waals surface area (Å²) in [6.07, 6.45) is 1.02. The highest BCUT2D eigenvalue weighted by atomic mass is 32.2. The van der Waals surface area contributed by atoms with Gasteiger partial charge >= 0.3 is 0 Å².